The molecule has 0 aliphatic carbocycles. The summed E-state index contributed by atoms with van der Waals surface area (Å²) in [5.74, 6) is -0.987. The number of carbonyl (C=O) groups excluding carboxylic acids is 2. The van der Waals surface area contributed by atoms with Crippen LogP contribution in [-0.2, 0) is 9.53 Å². The minimum atomic E-state index is -0.683. The molecule has 0 atom stereocenters. The number of hydrogen-bond acceptors (Lipinski definition) is 6. The Bertz CT molecular complexity index is 659. The van der Waals surface area contributed by atoms with Crippen molar-refractivity contribution in [2.75, 3.05) is 11.9 Å². The van der Waals surface area contributed by atoms with E-state index < -0.39 is 18.5 Å². The minimum absolute atomic E-state index is 0.207. The maximum atomic E-state index is 11.7. The van der Waals surface area contributed by atoms with Crippen molar-refractivity contribution in [2.45, 2.75) is 0 Å². The Morgan fingerprint density at radius 3 is 2.95 bits per heavy atom. The standard InChI is InChI=1S/C13H9N3O4/c14-7-9-2-1-3-10(6-9)13(18)19-8-12(17)15-11-4-5-20-16-11/h1-6H,8H2,(H,15,16,17). The number of nitrogens with one attached hydrogen (secondary N) is 1. The molecule has 2 aromatic rings. The first kappa shape index (κ1) is 13.3. The predicted octanol–water partition coefficient (Wildman–Crippen LogP) is 1.34. The van der Waals surface area contributed by atoms with Gasteiger partial charge in [-0.3, -0.25) is 4.79 Å². The van der Waals surface area contributed by atoms with Crippen LogP contribution < -0.4 is 5.32 Å². The van der Waals surface area contributed by atoms with Crippen molar-refractivity contribution in [1.82, 2.24) is 5.16 Å². The predicted molar refractivity (Wildman–Crippen MR) is 66.6 cm³/mol. The van der Waals surface area contributed by atoms with Crippen LogP contribution in [0.1, 0.15) is 15.9 Å². The maximum absolute atomic E-state index is 11.7. The van der Waals surface area contributed by atoms with E-state index >= 15 is 0 Å². The van der Waals surface area contributed by atoms with Gasteiger partial charge in [0, 0.05) is 6.07 Å². The third-order valence-corrected chi connectivity index (χ3v) is 2.27. The summed E-state index contributed by atoms with van der Waals surface area (Å²) < 4.78 is 9.35. The monoisotopic (exact) mass is 271 g/mol. The van der Waals surface area contributed by atoms with Gasteiger partial charge in [-0.05, 0) is 18.2 Å². The molecule has 0 aliphatic heterocycles. The number of rotatable bonds is 4. The zero-order chi connectivity index (χ0) is 14.4. The average molecular weight is 271 g/mol. The van der Waals surface area contributed by atoms with Crippen LogP contribution in [0.4, 0.5) is 5.82 Å². The fourth-order valence-corrected chi connectivity index (χ4v) is 1.39. The summed E-state index contributed by atoms with van der Waals surface area (Å²) in [5, 5.41) is 14.6. The molecule has 0 saturated carbocycles. The van der Waals surface area contributed by atoms with E-state index in [9.17, 15) is 9.59 Å². The molecule has 7 nitrogen and oxygen atoms in total. The highest BCUT2D eigenvalue weighted by Crippen LogP contribution is 2.06. The van der Waals surface area contributed by atoms with Crippen molar-refractivity contribution >= 4 is 17.7 Å². The smallest absolute Gasteiger partial charge is 0.338 e. The first-order valence-electron chi connectivity index (χ1n) is 5.56. The van der Waals surface area contributed by atoms with Crippen LogP contribution in [-0.4, -0.2) is 23.6 Å². The van der Waals surface area contributed by atoms with Crippen molar-refractivity contribution in [3.8, 4) is 6.07 Å². The molecule has 20 heavy (non-hydrogen) atoms. The van der Waals surface area contributed by atoms with Gasteiger partial charge in [-0.25, -0.2) is 4.79 Å². The second kappa shape index (κ2) is 6.15. The van der Waals surface area contributed by atoms with Gasteiger partial charge in [-0.1, -0.05) is 11.2 Å². The molecule has 1 amide bonds. The zero-order valence-electron chi connectivity index (χ0n) is 10.2. The van der Waals surface area contributed by atoms with Gasteiger partial charge in [0.25, 0.3) is 5.91 Å². The summed E-state index contributed by atoms with van der Waals surface area (Å²) in [6, 6.07) is 9.37. The summed E-state index contributed by atoms with van der Waals surface area (Å²) in [7, 11) is 0. The molecule has 1 aromatic heterocycles. The normalized spacial score (nSPS) is 9.55. The number of amides is 1. The summed E-state index contributed by atoms with van der Waals surface area (Å²) in [6.45, 7) is -0.456. The molecular formula is C13H9N3O4. The molecule has 100 valence electrons. The van der Waals surface area contributed by atoms with E-state index in [-0.39, 0.29) is 11.4 Å². The van der Waals surface area contributed by atoms with Crippen LogP contribution in [0.15, 0.2) is 41.1 Å². The summed E-state index contributed by atoms with van der Waals surface area (Å²) >= 11 is 0. The Labute approximate surface area is 113 Å². The van der Waals surface area contributed by atoms with Gasteiger partial charge in [-0.15, -0.1) is 0 Å². The molecular weight excluding hydrogens is 262 g/mol. The Hall–Kier alpha value is -3.14. The molecule has 0 fully saturated rings. The van der Waals surface area contributed by atoms with E-state index in [4.69, 9.17) is 10.00 Å². The number of hydrogen-bond donors (Lipinski definition) is 1. The highest BCUT2D eigenvalue weighted by molar-refractivity contribution is 5.95. The second-order valence-corrected chi connectivity index (χ2v) is 3.70. The Morgan fingerprint density at radius 1 is 1.40 bits per heavy atom. The SMILES string of the molecule is N#Cc1cccc(C(=O)OCC(=O)Nc2ccon2)c1. The lowest BCUT2D eigenvalue weighted by Gasteiger charge is -2.04. The third-order valence-electron chi connectivity index (χ3n) is 2.27. The van der Waals surface area contributed by atoms with Gasteiger partial charge < -0.3 is 14.6 Å². The van der Waals surface area contributed by atoms with Crippen LogP contribution in [0.25, 0.3) is 0 Å². The van der Waals surface area contributed by atoms with E-state index in [1.807, 2.05) is 6.07 Å². The Kier molecular flexibility index (Phi) is 4.09. The first-order valence-corrected chi connectivity index (χ1v) is 5.56. The van der Waals surface area contributed by atoms with Gasteiger partial charge >= 0.3 is 5.97 Å². The molecule has 1 heterocycles. The molecule has 0 aliphatic rings. The lowest BCUT2D eigenvalue weighted by molar-refractivity contribution is -0.119. The van der Waals surface area contributed by atoms with Crippen molar-refractivity contribution in [2.24, 2.45) is 0 Å². The number of benzene rings is 1. The Balaban J connectivity index is 1.88. The molecule has 0 saturated heterocycles. The summed E-state index contributed by atoms with van der Waals surface area (Å²) in [5.41, 5.74) is 0.546. The highest BCUT2D eigenvalue weighted by Gasteiger charge is 2.11. The second-order valence-electron chi connectivity index (χ2n) is 3.70. The summed E-state index contributed by atoms with van der Waals surface area (Å²) in [6.07, 6.45) is 1.30. The van der Waals surface area contributed by atoms with E-state index in [2.05, 4.69) is 15.0 Å². The average Bonchev–Trinajstić information content (AvgIpc) is 2.97. The number of nitrogens with zero attached hydrogens (tertiary/aromatic N) is 2. The molecule has 2 rings (SSSR count). The molecule has 0 spiro atoms. The van der Waals surface area contributed by atoms with E-state index in [1.54, 1.807) is 12.1 Å². The Morgan fingerprint density at radius 2 is 2.25 bits per heavy atom. The number of anilines is 1. The van der Waals surface area contributed by atoms with E-state index in [0.717, 1.165) is 0 Å². The van der Waals surface area contributed by atoms with Crippen molar-refractivity contribution in [3.05, 3.63) is 47.7 Å². The van der Waals surface area contributed by atoms with Crippen LogP contribution in [0.5, 0.6) is 0 Å². The van der Waals surface area contributed by atoms with Gasteiger partial charge in [0.1, 0.15) is 6.26 Å². The van der Waals surface area contributed by atoms with Crippen LogP contribution >= 0.6 is 0 Å². The van der Waals surface area contributed by atoms with E-state index in [0.29, 0.717) is 5.56 Å². The molecule has 0 unspecified atom stereocenters. The lowest BCUT2D eigenvalue weighted by Crippen LogP contribution is -2.21. The maximum Gasteiger partial charge on any atom is 0.338 e. The highest BCUT2D eigenvalue weighted by atomic mass is 16.5. The molecule has 7 heteroatoms. The van der Waals surface area contributed by atoms with Gasteiger partial charge in [-0.2, -0.15) is 5.26 Å². The van der Waals surface area contributed by atoms with Crippen LogP contribution in [0.3, 0.4) is 0 Å². The molecule has 1 N–H and O–H groups in total. The van der Waals surface area contributed by atoms with Gasteiger partial charge in [0.2, 0.25) is 0 Å². The minimum Gasteiger partial charge on any atom is -0.452 e. The molecule has 0 radical (unpaired) electrons. The first-order chi connectivity index (χ1) is 9.69. The number of nitriles is 1. The van der Waals surface area contributed by atoms with Gasteiger partial charge in [0.15, 0.2) is 12.4 Å². The largest absolute Gasteiger partial charge is 0.452 e. The topological polar surface area (TPSA) is 105 Å². The van der Waals surface area contributed by atoms with Crippen molar-refractivity contribution < 1.29 is 18.8 Å². The quantitative estimate of drug-likeness (QED) is 0.841. The number of carbonyl (C=O) groups is 2. The number of ether oxygens (including phenoxy) is 1. The molecule has 0 bridgehead atoms. The fourth-order valence-electron chi connectivity index (χ4n) is 1.39. The molecule has 1 aromatic carbocycles. The van der Waals surface area contributed by atoms with Gasteiger partial charge in [0.05, 0.1) is 17.2 Å². The van der Waals surface area contributed by atoms with Crippen LogP contribution in [0.2, 0.25) is 0 Å². The van der Waals surface area contributed by atoms with Crippen molar-refractivity contribution in [3.63, 3.8) is 0 Å². The fraction of sp³-hybridized carbons (Fsp3) is 0.0769. The summed E-state index contributed by atoms with van der Waals surface area (Å²) in [4.78, 5) is 23.1. The lowest BCUT2D eigenvalue weighted by atomic mass is 10.1. The zero-order valence-corrected chi connectivity index (χ0v) is 10.2. The van der Waals surface area contributed by atoms with Crippen LogP contribution in [0, 0.1) is 11.3 Å². The number of aromatic nitrogens is 1. The van der Waals surface area contributed by atoms with E-state index in [1.165, 1.54) is 24.5 Å². The third kappa shape index (κ3) is 3.43. The van der Waals surface area contributed by atoms with Crippen molar-refractivity contribution in [1.29, 1.82) is 5.26 Å². The number of esters is 1.